The number of aliphatic imine (C=N–C) groups is 1. The Bertz CT molecular complexity index is 436. The van der Waals surface area contributed by atoms with E-state index in [0.29, 0.717) is 5.92 Å². The number of nitrogens with one attached hydrogen (secondary N) is 2. The minimum Gasteiger partial charge on any atom is -0.496 e. The third kappa shape index (κ3) is 8.46. The maximum absolute atomic E-state index is 5.37. The molecule has 0 radical (unpaired) electrons. The summed E-state index contributed by atoms with van der Waals surface area (Å²) in [5.74, 6) is 2.53. The molecule has 2 N–H and O–H groups in total. The quantitative estimate of drug-likeness (QED) is 0.386. The van der Waals surface area contributed by atoms with Crippen LogP contribution in [-0.4, -0.2) is 32.7 Å². The number of methoxy groups -OCH3 is 1. The number of guanidine groups is 1. The van der Waals surface area contributed by atoms with Crippen molar-refractivity contribution in [3.63, 3.8) is 0 Å². The van der Waals surface area contributed by atoms with Crippen LogP contribution in [0.15, 0.2) is 29.3 Å². The number of para-hydroxylation sites is 1. The van der Waals surface area contributed by atoms with Gasteiger partial charge in [0.25, 0.3) is 0 Å². The van der Waals surface area contributed by atoms with Crippen LogP contribution in [0.3, 0.4) is 0 Å². The van der Waals surface area contributed by atoms with E-state index < -0.39 is 0 Å². The van der Waals surface area contributed by atoms with Gasteiger partial charge in [-0.2, -0.15) is 0 Å². The monoisotopic (exact) mass is 419 g/mol. The van der Waals surface area contributed by atoms with Crippen molar-refractivity contribution in [2.24, 2.45) is 10.9 Å². The Balaban J connectivity index is 0.00000441. The molecular formula is C17H30IN3O. The largest absolute Gasteiger partial charge is 0.496 e. The van der Waals surface area contributed by atoms with Gasteiger partial charge in [-0.25, -0.2) is 0 Å². The molecule has 0 fully saturated rings. The van der Waals surface area contributed by atoms with Gasteiger partial charge in [0, 0.05) is 19.6 Å². The van der Waals surface area contributed by atoms with Crippen LogP contribution in [0.5, 0.6) is 5.75 Å². The molecule has 0 saturated heterocycles. The van der Waals surface area contributed by atoms with Crippen LogP contribution in [-0.2, 0) is 6.42 Å². The lowest BCUT2D eigenvalue weighted by atomic mass is 10.1. The highest BCUT2D eigenvalue weighted by atomic mass is 127. The molecule has 0 aliphatic heterocycles. The van der Waals surface area contributed by atoms with Gasteiger partial charge >= 0.3 is 0 Å². The van der Waals surface area contributed by atoms with Gasteiger partial charge in [0.1, 0.15) is 5.75 Å². The summed E-state index contributed by atoms with van der Waals surface area (Å²) in [6.07, 6.45) is 2.03. The highest BCUT2D eigenvalue weighted by Crippen LogP contribution is 2.17. The van der Waals surface area contributed by atoms with Crippen molar-refractivity contribution in [2.45, 2.75) is 33.6 Å². The zero-order chi connectivity index (χ0) is 15.5. The molecule has 5 heteroatoms. The van der Waals surface area contributed by atoms with Crippen LogP contribution in [0.25, 0.3) is 0 Å². The summed E-state index contributed by atoms with van der Waals surface area (Å²) < 4.78 is 5.37. The van der Waals surface area contributed by atoms with E-state index in [0.717, 1.165) is 44.2 Å². The molecule has 0 unspecified atom stereocenters. The van der Waals surface area contributed by atoms with E-state index in [4.69, 9.17) is 4.74 Å². The van der Waals surface area contributed by atoms with Crippen LogP contribution in [0.1, 0.15) is 32.8 Å². The molecule has 0 aliphatic rings. The number of rotatable bonds is 8. The van der Waals surface area contributed by atoms with Gasteiger partial charge in [-0.3, -0.25) is 4.99 Å². The van der Waals surface area contributed by atoms with Crippen LogP contribution in [0.4, 0.5) is 0 Å². The maximum atomic E-state index is 5.37. The van der Waals surface area contributed by atoms with Crippen molar-refractivity contribution in [3.05, 3.63) is 29.8 Å². The predicted octanol–water partition coefficient (Wildman–Crippen LogP) is 3.46. The van der Waals surface area contributed by atoms with E-state index in [1.807, 2.05) is 18.2 Å². The van der Waals surface area contributed by atoms with Crippen molar-refractivity contribution < 1.29 is 4.74 Å². The molecule has 0 heterocycles. The zero-order valence-electron chi connectivity index (χ0n) is 14.2. The molecule has 0 aromatic heterocycles. The number of ether oxygens (including phenoxy) is 1. The average Bonchev–Trinajstić information content (AvgIpc) is 2.47. The molecule has 1 aromatic carbocycles. The lowest BCUT2D eigenvalue weighted by Gasteiger charge is -2.13. The first-order valence-electron chi connectivity index (χ1n) is 7.81. The molecule has 0 bridgehead atoms. The zero-order valence-corrected chi connectivity index (χ0v) is 16.5. The van der Waals surface area contributed by atoms with E-state index in [9.17, 15) is 0 Å². The molecule has 0 atom stereocenters. The Morgan fingerprint density at radius 3 is 2.59 bits per heavy atom. The molecule has 126 valence electrons. The third-order valence-electron chi connectivity index (χ3n) is 3.20. The topological polar surface area (TPSA) is 45.7 Å². The SMILES string of the molecule is CCNC(=NCCC(C)C)NCCc1ccccc1OC.I. The van der Waals surface area contributed by atoms with Crippen LogP contribution >= 0.6 is 24.0 Å². The molecule has 4 nitrogen and oxygen atoms in total. The van der Waals surface area contributed by atoms with Crippen molar-refractivity contribution >= 4 is 29.9 Å². The second-order valence-electron chi connectivity index (χ2n) is 5.43. The van der Waals surface area contributed by atoms with Gasteiger partial charge in [-0.05, 0) is 37.3 Å². The van der Waals surface area contributed by atoms with Gasteiger partial charge in [-0.15, -0.1) is 24.0 Å². The standard InChI is InChI=1S/C17H29N3O.HI/c1-5-18-17(19-12-10-14(2)3)20-13-11-15-8-6-7-9-16(15)21-4;/h6-9,14H,5,10-13H2,1-4H3,(H2,18,19,20);1H. The predicted molar refractivity (Wildman–Crippen MR) is 106 cm³/mol. The van der Waals surface area contributed by atoms with Gasteiger partial charge in [0.15, 0.2) is 5.96 Å². The second-order valence-corrected chi connectivity index (χ2v) is 5.43. The Labute approximate surface area is 152 Å². The van der Waals surface area contributed by atoms with Gasteiger partial charge in [-0.1, -0.05) is 32.0 Å². The molecule has 1 rings (SSSR count). The highest BCUT2D eigenvalue weighted by molar-refractivity contribution is 14.0. The first-order chi connectivity index (χ1) is 10.2. The lowest BCUT2D eigenvalue weighted by Crippen LogP contribution is -2.38. The Hall–Kier alpha value is -0.980. The summed E-state index contributed by atoms with van der Waals surface area (Å²) in [6.45, 7) is 9.10. The van der Waals surface area contributed by atoms with Crippen molar-refractivity contribution in [1.29, 1.82) is 0 Å². The van der Waals surface area contributed by atoms with Gasteiger partial charge < -0.3 is 15.4 Å². The van der Waals surface area contributed by atoms with Gasteiger partial charge in [0.05, 0.1) is 7.11 Å². The molecule has 1 aromatic rings. The Morgan fingerprint density at radius 2 is 1.95 bits per heavy atom. The van der Waals surface area contributed by atoms with Crippen molar-refractivity contribution in [2.75, 3.05) is 26.7 Å². The van der Waals surface area contributed by atoms with E-state index in [-0.39, 0.29) is 24.0 Å². The minimum atomic E-state index is 0. The molecule has 0 saturated carbocycles. The van der Waals surface area contributed by atoms with Crippen LogP contribution in [0, 0.1) is 5.92 Å². The summed E-state index contributed by atoms with van der Waals surface area (Å²) in [6, 6.07) is 8.13. The van der Waals surface area contributed by atoms with E-state index in [1.165, 1.54) is 5.56 Å². The number of hydrogen-bond donors (Lipinski definition) is 2. The summed E-state index contributed by atoms with van der Waals surface area (Å²) >= 11 is 0. The highest BCUT2D eigenvalue weighted by Gasteiger charge is 2.02. The fraction of sp³-hybridized carbons (Fsp3) is 0.588. The average molecular weight is 419 g/mol. The first kappa shape index (κ1) is 21.0. The van der Waals surface area contributed by atoms with Crippen molar-refractivity contribution in [1.82, 2.24) is 10.6 Å². The van der Waals surface area contributed by atoms with E-state index in [2.05, 4.69) is 42.5 Å². The second kappa shape index (κ2) is 12.6. The Morgan fingerprint density at radius 1 is 1.23 bits per heavy atom. The molecule has 0 aliphatic carbocycles. The third-order valence-corrected chi connectivity index (χ3v) is 3.20. The number of halogens is 1. The number of benzene rings is 1. The summed E-state index contributed by atoms with van der Waals surface area (Å²) in [5.41, 5.74) is 1.21. The number of nitrogens with zero attached hydrogens (tertiary/aromatic N) is 1. The maximum Gasteiger partial charge on any atom is 0.191 e. The Kier molecular flexibility index (Phi) is 12.0. The molecule has 0 spiro atoms. The number of hydrogen-bond acceptors (Lipinski definition) is 2. The summed E-state index contributed by atoms with van der Waals surface area (Å²) in [5, 5.41) is 6.66. The fourth-order valence-electron chi connectivity index (χ4n) is 2.00. The smallest absolute Gasteiger partial charge is 0.191 e. The van der Waals surface area contributed by atoms with Crippen LogP contribution in [0.2, 0.25) is 0 Å². The molecular weight excluding hydrogens is 389 g/mol. The van der Waals surface area contributed by atoms with Crippen molar-refractivity contribution in [3.8, 4) is 5.75 Å². The summed E-state index contributed by atoms with van der Waals surface area (Å²) in [7, 11) is 1.71. The lowest BCUT2D eigenvalue weighted by molar-refractivity contribution is 0.409. The minimum absolute atomic E-state index is 0. The molecule has 22 heavy (non-hydrogen) atoms. The van der Waals surface area contributed by atoms with Crippen LogP contribution < -0.4 is 15.4 Å². The normalized spacial score (nSPS) is 11.0. The van der Waals surface area contributed by atoms with E-state index in [1.54, 1.807) is 7.11 Å². The van der Waals surface area contributed by atoms with E-state index >= 15 is 0 Å². The van der Waals surface area contributed by atoms with Gasteiger partial charge in [0.2, 0.25) is 0 Å². The molecule has 0 amide bonds. The fourth-order valence-corrected chi connectivity index (χ4v) is 2.00. The summed E-state index contributed by atoms with van der Waals surface area (Å²) in [4.78, 5) is 4.59. The first-order valence-corrected chi connectivity index (χ1v) is 7.81.